The fourth-order valence-corrected chi connectivity index (χ4v) is 1.03. The van der Waals surface area contributed by atoms with Crippen molar-refractivity contribution in [1.82, 2.24) is 0 Å². The SMILES string of the molecule is CC[C@@H](O)Cc1ccccc1. The van der Waals surface area contributed by atoms with Gasteiger partial charge in [-0.25, -0.2) is 0 Å². The van der Waals surface area contributed by atoms with Gasteiger partial charge in [-0.05, 0) is 18.4 Å². The molecule has 0 saturated heterocycles. The number of benzene rings is 1. The first-order chi connectivity index (χ1) is 5.33. The van der Waals surface area contributed by atoms with Gasteiger partial charge in [0.25, 0.3) is 0 Å². The van der Waals surface area contributed by atoms with E-state index >= 15 is 0 Å². The van der Waals surface area contributed by atoms with E-state index in [9.17, 15) is 5.11 Å². The topological polar surface area (TPSA) is 20.2 Å². The van der Waals surface area contributed by atoms with Gasteiger partial charge >= 0.3 is 0 Å². The maximum absolute atomic E-state index is 9.31. The zero-order chi connectivity index (χ0) is 8.10. The van der Waals surface area contributed by atoms with Gasteiger partial charge in [0.2, 0.25) is 0 Å². The van der Waals surface area contributed by atoms with E-state index in [2.05, 4.69) is 0 Å². The predicted molar refractivity (Wildman–Crippen MR) is 46.4 cm³/mol. The Morgan fingerprint density at radius 3 is 2.45 bits per heavy atom. The highest BCUT2D eigenvalue weighted by molar-refractivity contribution is 5.15. The van der Waals surface area contributed by atoms with Crippen molar-refractivity contribution in [2.75, 3.05) is 0 Å². The number of aliphatic hydroxyl groups excluding tert-OH is 1. The van der Waals surface area contributed by atoms with E-state index in [-0.39, 0.29) is 6.10 Å². The van der Waals surface area contributed by atoms with Gasteiger partial charge in [0.05, 0.1) is 6.10 Å². The van der Waals surface area contributed by atoms with Crippen LogP contribution in [0, 0.1) is 0 Å². The summed E-state index contributed by atoms with van der Waals surface area (Å²) in [6.45, 7) is 1.99. The van der Waals surface area contributed by atoms with Gasteiger partial charge in [0.1, 0.15) is 0 Å². The van der Waals surface area contributed by atoms with Gasteiger partial charge in [-0.15, -0.1) is 0 Å². The predicted octanol–water partition coefficient (Wildman–Crippen LogP) is 2.00. The minimum absolute atomic E-state index is 0.183. The summed E-state index contributed by atoms with van der Waals surface area (Å²) in [7, 11) is 0. The highest BCUT2D eigenvalue weighted by Gasteiger charge is 2.00. The smallest absolute Gasteiger partial charge is 0.0577 e. The lowest BCUT2D eigenvalue weighted by Gasteiger charge is -2.06. The van der Waals surface area contributed by atoms with Crippen LogP contribution in [0.25, 0.3) is 0 Å². The molecular weight excluding hydrogens is 136 g/mol. The lowest BCUT2D eigenvalue weighted by atomic mass is 10.1. The number of hydrogen-bond donors (Lipinski definition) is 1. The van der Waals surface area contributed by atoms with Crippen LogP contribution in [0.5, 0.6) is 0 Å². The molecule has 60 valence electrons. The monoisotopic (exact) mass is 150 g/mol. The summed E-state index contributed by atoms with van der Waals surface area (Å²) in [5.74, 6) is 0. The van der Waals surface area contributed by atoms with Crippen LogP contribution in [0.3, 0.4) is 0 Å². The highest BCUT2D eigenvalue weighted by atomic mass is 16.3. The Bertz CT molecular complexity index is 193. The van der Waals surface area contributed by atoms with E-state index in [4.69, 9.17) is 0 Å². The summed E-state index contributed by atoms with van der Waals surface area (Å²) >= 11 is 0. The molecule has 0 aliphatic rings. The van der Waals surface area contributed by atoms with Crippen LogP contribution in [0.15, 0.2) is 30.3 Å². The molecule has 0 bridgehead atoms. The van der Waals surface area contributed by atoms with Crippen LogP contribution in [-0.4, -0.2) is 11.2 Å². The summed E-state index contributed by atoms with van der Waals surface area (Å²) in [5.41, 5.74) is 1.21. The Labute approximate surface area is 67.7 Å². The van der Waals surface area contributed by atoms with Crippen LogP contribution in [-0.2, 0) is 6.42 Å². The zero-order valence-corrected chi connectivity index (χ0v) is 6.83. The van der Waals surface area contributed by atoms with E-state index in [0.717, 1.165) is 12.8 Å². The first-order valence-electron chi connectivity index (χ1n) is 4.05. The van der Waals surface area contributed by atoms with Crippen molar-refractivity contribution in [3.63, 3.8) is 0 Å². The first kappa shape index (κ1) is 8.28. The molecule has 1 rings (SSSR count). The molecule has 1 nitrogen and oxygen atoms in total. The first-order valence-corrected chi connectivity index (χ1v) is 4.05. The summed E-state index contributed by atoms with van der Waals surface area (Å²) in [5, 5.41) is 9.31. The molecule has 0 aliphatic heterocycles. The molecule has 0 unspecified atom stereocenters. The van der Waals surface area contributed by atoms with Crippen LogP contribution in [0.1, 0.15) is 18.9 Å². The summed E-state index contributed by atoms with van der Waals surface area (Å²) in [4.78, 5) is 0. The Kier molecular flexibility index (Phi) is 3.12. The van der Waals surface area contributed by atoms with Crippen molar-refractivity contribution in [2.45, 2.75) is 25.9 Å². The van der Waals surface area contributed by atoms with Gasteiger partial charge in [-0.3, -0.25) is 0 Å². The molecule has 0 heterocycles. The molecule has 1 aromatic rings. The van der Waals surface area contributed by atoms with Crippen molar-refractivity contribution in [3.8, 4) is 0 Å². The number of aliphatic hydroxyl groups is 1. The average molecular weight is 150 g/mol. The third kappa shape index (κ3) is 2.72. The molecule has 0 fully saturated rings. The van der Waals surface area contributed by atoms with E-state index in [1.165, 1.54) is 5.56 Å². The third-order valence-electron chi connectivity index (χ3n) is 1.79. The maximum Gasteiger partial charge on any atom is 0.0577 e. The van der Waals surface area contributed by atoms with Crippen molar-refractivity contribution in [2.24, 2.45) is 0 Å². The summed E-state index contributed by atoms with van der Waals surface area (Å²) in [6.07, 6.45) is 1.42. The molecular formula is C10H14O. The minimum atomic E-state index is -0.183. The molecule has 11 heavy (non-hydrogen) atoms. The Balaban J connectivity index is 2.51. The maximum atomic E-state index is 9.31. The second-order valence-electron chi connectivity index (χ2n) is 2.75. The van der Waals surface area contributed by atoms with Crippen LogP contribution < -0.4 is 0 Å². The summed E-state index contributed by atoms with van der Waals surface area (Å²) < 4.78 is 0. The van der Waals surface area contributed by atoms with Crippen LogP contribution in [0.4, 0.5) is 0 Å². The highest BCUT2D eigenvalue weighted by Crippen LogP contribution is 2.04. The van der Waals surface area contributed by atoms with Gasteiger partial charge in [-0.1, -0.05) is 37.3 Å². The second-order valence-corrected chi connectivity index (χ2v) is 2.75. The molecule has 0 spiro atoms. The molecule has 1 aromatic carbocycles. The van der Waals surface area contributed by atoms with Gasteiger partial charge in [0, 0.05) is 0 Å². The number of rotatable bonds is 3. The van der Waals surface area contributed by atoms with E-state index in [1.54, 1.807) is 0 Å². The average Bonchev–Trinajstić information content (AvgIpc) is 2.06. The molecule has 0 radical (unpaired) electrons. The van der Waals surface area contributed by atoms with Gasteiger partial charge < -0.3 is 5.11 Å². The normalized spacial score (nSPS) is 12.9. The lowest BCUT2D eigenvalue weighted by Crippen LogP contribution is -2.07. The van der Waals surface area contributed by atoms with E-state index in [0.29, 0.717) is 0 Å². The van der Waals surface area contributed by atoms with Crippen LogP contribution >= 0.6 is 0 Å². The fraction of sp³-hybridized carbons (Fsp3) is 0.400. The summed E-state index contributed by atoms with van der Waals surface area (Å²) in [6, 6.07) is 10.1. The van der Waals surface area contributed by atoms with Crippen LogP contribution in [0.2, 0.25) is 0 Å². The Morgan fingerprint density at radius 2 is 1.91 bits per heavy atom. The molecule has 0 aliphatic carbocycles. The number of hydrogen-bond acceptors (Lipinski definition) is 1. The molecule has 1 heteroatoms. The molecule has 0 saturated carbocycles. The Morgan fingerprint density at radius 1 is 1.27 bits per heavy atom. The van der Waals surface area contributed by atoms with E-state index in [1.807, 2.05) is 37.3 Å². The second kappa shape index (κ2) is 4.14. The lowest BCUT2D eigenvalue weighted by molar-refractivity contribution is 0.171. The molecule has 1 atom stereocenters. The third-order valence-corrected chi connectivity index (χ3v) is 1.79. The largest absolute Gasteiger partial charge is 0.393 e. The van der Waals surface area contributed by atoms with Crippen molar-refractivity contribution >= 4 is 0 Å². The molecule has 0 amide bonds. The molecule has 1 N–H and O–H groups in total. The van der Waals surface area contributed by atoms with Gasteiger partial charge in [-0.2, -0.15) is 0 Å². The fourth-order valence-electron chi connectivity index (χ4n) is 1.03. The van der Waals surface area contributed by atoms with Gasteiger partial charge in [0.15, 0.2) is 0 Å². The standard InChI is InChI=1S/C10H14O/c1-2-10(11)8-9-6-4-3-5-7-9/h3-7,10-11H,2,8H2,1H3/t10-/m1/s1. The van der Waals surface area contributed by atoms with E-state index < -0.39 is 0 Å². The Hall–Kier alpha value is -0.820. The zero-order valence-electron chi connectivity index (χ0n) is 6.83. The van der Waals surface area contributed by atoms with Crippen molar-refractivity contribution in [3.05, 3.63) is 35.9 Å². The van der Waals surface area contributed by atoms with Crippen molar-refractivity contribution < 1.29 is 5.11 Å². The van der Waals surface area contributed by atoms with Crippen molar-refractivity contribution in [1.29, 1.82) is 0 Å². The quantitative estimate of drug-likeness (QED) is 0.698. The molecule has 0 aromatic heterocycles. The minimum Gasteiger partial charge on any atom is -0.393 e.